The Hall–Kier alpha value is -1.76. The summed E-state index contributed by atoms with van der Waals surface area (Å²) in [5.41, 5.74) is -5.24. The van der Waals surface area contributed by atoms with Crippen LogP contribution in [0, 0.1) is 59.3 Å². The summed E-state index contributed by atoms with van der Waals surface area (Å²) in [5, 5.41) is 0. The number of halogens is 13. The fraction of sp³-hybridized carbons (Fsp3) is 0.188. The Labute approximate surface area is 191 Å². The van der Waals surface area contributed by atoms with Crippen LogP contribution in [0.2, 0.25) is 0 Å². The molecule has 2 aromatic rings. The number of amides is 2. The Balaban J connectivity index is 2.39. The average molecular weight is 552 g/mol. The molecule has 0 spiro atoms. The van der Waals surface area contributed by atoms with Gasteiger partial charge in [0, 0.05) is 5.56 Å². The lowest BCUT2D eigenvalue weighted by Gasteiger charge is -2.32. The Morgan fingerprint density at radius 1 is 0.531 bits per heavy atom. The summed E-state index contributed by atoms with van der Waals surface area (Å²) in [7, 11) is 0. The SMILES string of the molecule is Cc1c(F)c(F)c(N2C(=O)N(c3c(F)c(F)c(F)c(F)c3F)C(Cl)(Cl)C2(Cl)Cl)c(F)c1F. The van der Waals surface area contributed by atoms with Crippen molar-refractivity contribution in [2.45, 2.75) is 15.8 Å². The Morgan fingerprint density at radius 3 is 1.09 bits per heavy atom. The van der Waals surface area contributed by atoms with Crippen molar-refractivity contribution in [1.29, 1.82) is 0 Å². The standard InChI is InChI=1S/C16H3Cl4F9N2O/c1-2-3(21)8(26)12(9(27)4(2)22)30-14(32)31(16(19,20)15(30,17)18)13-10(28)6(24)5(23)7(25)11(13)29/h1H3. The fourth-order valence-corrected chi connectivity index (χ4v) is 3.76. The van der Waals surface area contributed by atoms with E-state index in [2.05, 4.69) is 0 Å². The van der Waals surface area contributed by atoms with Gasteiger partial charge in [-0.3, -0.25) is 9.80 Å². The second kappa shape index (κ2) is 7.64. The van der Waals surface area contributed by atoms with Crippen molar-refractivity contribution in [3.63, 3.8) is 0 Å². The molecule has 2 amide bonds. The van der Waals surface area contributed by atoms with Gasteiger partial charge in [0.25, 0.3) is 8.91 Å². The highest BCUT2D eigenvalue weighted by atomic mass is 35.5. The van der Waals surface area contributed by atoms with Crippen LogP contribution in [0.1, 0.15) is 5.56 Å². The third-order valence-electron chi connectivity index (χ3n) is 4.40. The number of rotatable bonds is 2. The van der Waals surface area contributed by atoms with Crippen molar-refractivity contribution in [3.05, 3.63) is 57.9 Å². The first-order valence-corrected chi connectivity index (χ1v) is 9.26. The number of hydrogen-bond donors (Lipinski definition) is 0. The quantitative estimate of drug-likeness (QED) is 0.130. The van der Waals surface area contributed by atoms with Crippen molar-refractivity contribution in [1.82, 2.24) is 0 Å². The fourth-order valence-electron chi connectivity index (χ4n) is 2.80. The average Bonchev–Trinajstić information content (AvgIpc) is 2.85. The zero-order valence-electron chi connectivity index (χ0n) is 14.7. The molecule has 32 heavy (non-hydrogen) atoms. The van der Waals surface area contributed by atoms with E-state index in [-0.39, 0.29) is 0 Å². The highest BCUT2D eigenvalue weighted by Gasteiger charge is 2.69. The van der Waals surface area contributed by atoms with Crippen molar-refractivity contribution in [2.75, 3.05) is 9.80 Å². The molecule has 2 aromatic carbocycles. The highest BCUT2D eigenvalue weighted by molar-refractivity contribution is 6.67. The summed E-state index contributed by atoms with van der Waals surface area (Å²) in [4.78, 5) is 11.7. The van der Waals surface area contributed by atoms with Gasteiger partial charge in [-0.2, -0.15) is 0 Å². The second-order valence-corrected chi connectivity index (χ2v) is 8.76. The van der Waals surface area contributed by atoms with E-state index in [9.17, 15) is 44.3 Å². The minimum Gasteiger partial charge on any atom is -0.250 e. The highest BCUT2D eigenvalue weighted by Crippen LogP contribution is 2.57. The number of benzene rings is 2. The van der Waals surface area contributed by atoms with Crippen LogP contribution < -0.4 is 9.80 Å². The van der Waals surface area contributed by atoms with Gasteiger partial charge in [-0.25, -0.2) is 44.3 Å². The van der Waals surface area contributed by atoms with Crippen LogP contribution in [0.3, 0.4) is 0 Å². The molecule has 1 aliphatic rings. The van der Waals surface area contributed by atoms with Crippen molar-refractivity contribution >= 4 is 63.8 Å². The molecule has 0 saturated carbocycles. The first kappa shape index (κ1) is 24.9. The summed E-state index contributed by atoms with van der Waals surface area (Å²) in [6.07, 6.45) is 0. The third kappa shape index (κ3) is 3.02. The normalized spacial score (nSPS) is 17.5. The molecule has 1 saturated heterocycles. The van der Waals surface area contributed by atoms with Gasteiger partial charge in [-0.1, -0.05) is 46.4 Å². The van der Waals surface area contributed by atoms with Gasteiger partial charge in [0.15, 0.2) is 46.5 Å². The topological polar surface area (TPSA) is 23.6 Å². The molecule has 174 valence electrons. The monoisotopic (exact) mass is 550 g/mol. The molecule has 1 heterocycles. The molecule has 0 aliphatic carbocycles. The molecule has 3 rings (SSSR count). The first-order chi connectivity index (χ1) is 14.5. The molecule has 0 unspecified atom stereocenters. The van der Waals surface area contributed by atoms with Gasteiger partial charge in [0.2, 0.25) is 5.82 Å². The van der Waals surface area contributed by atoms with E-state index in [1.807, 2.05) is 0 Å². The largest absolute Gasteiger partial charge is 0.334 e. The van der Waals surface area contributed by atoms with E-state index < -0.39 is 94.0 Å². The molecule has 0 aromatic heterocycles. The molecule has 1 fully saturated rings. The van der Waals surface area contributed by atoms with Crippen LogP contribution in [-0.4, -0.2) is 14.9 Å². The maximum absolute atomic E-state index is 14.5. The zero-order valence-corrected chi connectivity index (χ0v) is 17.7. The van der Waals surface area contributed by atoms with Gasteiger partial charge >= 0.3 is 6.03 Å². The van der Waals surface area contributed by atoms with Crippen molar-refractivity contribution < 1.29 is 44.3 Å². The molecule has 1 aliphatic heterocycles. The lowest BCUT2D eigenvalue weighted by Crippen LogP contribution is -2.47. The summed E-state index contributed by atoms with van der Waals surface area (Å²) in [6, 6.07) is -2.20. The van der Waals surface area contributed by atoms with E-state index in [0.29, 0.717) is 6.92 Å². The number of anilines is 2. The van der Waals surface area contributed by atoms with Crippen LogP contribution in [0.4, 0.5) is 55.7 Å². The van der Waals surface area contributed by atoms with Gasteiger partial charge in [0.1, 0.15) is 11.4 Å². The van der Waals surface area contributed by atoms with E-state index in [0.717, 1.165) is 0 Å². The summed E-state index contributed by atoms with van der Waals surface area (Å²) < 4.78 is 119. The second-order valence-electron chi connectivity index (χ2n) is 6.18. The van der Waals surface area contributed by atoms with Gasteiger partial charge in [0.05, 0.1) is 0 Å². The van der Waals surface area contributed by atoms with E-state index in [1.54, 1.807) is 0 Å². The van der Waals surface area contributed by atoms with Crippen LogP contribution in [0.15, 0.2) is 0 Å². The Morgan fingerprint density at radius 2 is 0.781 bits per heavy atom. The third-order valence-corrected chi connectivity index (χ3v) is 6.56. The molecule has 0 atom stereocenters. The van der Waals surface area contributed by atoms with E-state index >= 15 is 0 Å². The number of hydrogen-bond acceptors (Lipinski definition) is 1. The molecular weight excluding hydrogens is 549 g/mol. The molecule has 0 bridgehead atoms. The lowest BCUT2D eigenvalue weighted by molar-refractivity contribution is 0.254. The predicted octanol–water partition coefficient (Wildman–Crippen LogP) is 6.96. The number of urea groups is 1. The molecule has 16 heteroatoms. The number of alkyl halides is 4. The van der Waals surface area contributed by atoms with Gasteiger partial charge in [-0.05, 0) is 6.92 Å². The van der Waals surface area contributed by atoms with E-state index in [4.69, 9.17) is 46.4 Å². The maximum atomic E-state index is 14.5. The van der Waals surface area contributed by atoms with E-state index in [1.165, 1.54) is 0 Å². The summed E-state index contributed by atoms with van der Waals surface area (Å²) >= 11 is 23.1. The van der Waals surface area contributed by atoms with Crippen molar-refractivity contribution in [3.8, 4) is 0 Å². The molecule has 3 nitrogen and oxygen atoms in total. The van der Waals surface area contributed by atoms with Gasteiger partial charge < -0.3 is 0 Å². The maximum Gasteiger partial charge on any atom is 0.334 e. The Bertz CT molecular complexity index is 1040. The summed E-state index contributed by atoms with van der Waals surface area (Å²) in [5.74, 6) is -21.7. The lowest BCUT2D eigenvalue weighted by atomic mass is 10.1. The number of carbonyl (C=O) groups excluding carboxylic acids is 1. The molecule has 0 N–H and O–H groups in total. The van der Waals surface area contributed by atoms with Crippen LogP contribution in [0.5, 0.6) is 0 Å². The first-order valence-electron chi connectivity index (χ1n) is 7.75. The zero-order chi connectivity index (χ0) is 24.7. The minimum absolute atomic E-state index is 0.551. The molecule has 0 radical (unpaired) electrons. The minimum atomic E-state index is -3.44. The van der Waals surface area contributed by atoms with Crippen LogP contribution in [0.25, 0.3) is 0 Å². The van der Waals surface area contributed by atoms with Gasteiger partial charge in [-0.15, -0.1) is 0 Å². The number of carbonyl (C=O) groups is 1. The Kier molecular flexibility index (Phi) is 5.94. The smallest absolute Gasteiger partial charge is 0.250 e. The van der Waals surface area contributed by atoms with Crippen LogP contribution in [-0.2, 0) is 0 Å². The summed E-state index contributed by atoms with van der Waals surface area (Å²) in [6.45, 7) is 0.621. The predicted molar refractivity (Wildman–Crippen MR) is 96.5 cm³/mol. The van der Waals surface area contributed by atoms with Crippen molar-refractivity contribution in [2.24, 2.45) is 0 Å². The molecular formula is C16H3Cl4F9N2O. The number of nitrogens with zero attached hydrogens (tertiary/aromatic N) is 2. The van der Waals surface area contributed by atoms with Crippen LogP contribution >= 0.6 is 46.4 Å².